The maximum Gasteiger partial charge on any atom is 0.247 e. The van der Waals surface area contributed by atoms with Gasteiger partial charge >= 0.3 is 0 Å². The summed E-state index contributed by atoms with van der Waals surface area (Å²) < 4.78 is 14.3. The van der Waals surface area contributed by atoms with Crippen LogP contribution in [-0.4, -0.2) is 15.8 Å². The van der Waals surface area contributed by atoms with Crippen LogP contribution in [0.5, 0.6) is 0 Å². The maximum atomic E-state index is 14.3. The van der Waals surface area contributed by atoms with Crippen molar-refractivity contribution >= 4 is 29.0 Å². The van der Waals surface area contributed by atoms with Crippen LogP contribution >= 0.6 is 23.2 Å². The normalized spacial score (nSPS) is 12.0. The third-order valence-electron chi connectivity index (χ3n) is 3.96. The van der Waals surface area contributed by atoms with Gasteiger partial charge in [0.05, 0.1) is 15.7 Å². The minimum atomic E-state index is -0.648. The first-order valence-corrected chi connectivity index (χ1v) is 8.48. The van der Waals surface area contributed by atoms with Gasteiger partial charge in [0.25, 0.3) is 0 Å². The third-order valence-corrected chi connectivity index (χ3v) is 4.70. The Kier molecular flexibility index (Phi) is 5.49. The molecule has 0 unspecified atom stereocenters. The molecule has 3 rings (SSSR count). The molecule has 0 saturated carbocycles. The van der Waals surface area contributed by atoms with Crippen molar-refractivity contribution in [2.45, 2.75) is 12.3 Å². The van der Waals surface area contributed by atoms with Crippen LogP contribution in [0.2, 0.25) is 10.0 Å². The number of ketones is 1. The first-order valence-electron chi connectivity index (χ1n) is 7.73. The number of nitrogens with one attached hydrogen (secondary N) is 1. The summed E-state index contributed by atoms with van der Waals surface area (Å²) in [6.45, 7) is 0. The number of H-pyrrole nitrogens is 1. The van der Waals surface area contributed by atoms with Gasteiger partial charge in [0.1, 0.15) is 5.82 Å². The molecular weight excluding hydrogens is 378 g/mol. The molecule has 1 atom stereocenters. The first kappa shape index (κ1) is 18.3. The molecule has 3 aromatic rings. The highest BCUT2D eigenvalue weighted by Crippen LogP contribution is 2.33. The number of hydrogen-bond acceptors (Lipinski definition) is 3. The number of aromatic nitrogens is 2. The summed E-state index contributed by atoms with van der Waals surface area (Å²) in [4.78, 5) is 30.4. The van der Waals surface area contributed by atoms with E-state index in [1.54, 1.807) is 18.2 Å². The summed E-state index contributed by atoms with van der Waals surface area (Å²) in [7, 11) is 0. The van der Waals surface area contributed by atoms with Gasteiger partial charge in [-0.25, -0.2) is 4.39 Å². The van der Waals surface area contributed by atoms with Crippen molar-refractivity contribution < 1.29 is 9.18 Å². The quantitative estimate of drug-likeness (QED) is 0.646. The van der Waals surface area contributed by atoms with Crippen LogP contribution in [0.3, 0.4) is 0 Å². The van der Waals surface area contributed by atoms with Crippen molar-refractivity contribution in [3.8, 4) is 0 Å². The molecule has 1 N–H and O–H groups in total. The topological polar surface area (TPSA) is 62.8 Å². The lowest BCUT2D eigenvalue weighted by Crippen LogP contribution is -2.14. The average Bonchev–Trinajstić information content (AvgIpc) is 2.63. The molecule has 0 aliphatic rings. The largest absolute Gasteiger partial charge is 0.328 e. The van der Waals surface area contributed by atoms with Crippen molar-refractivity contribution in [3.05, 3.63) is 97.9 Å². The van der Waals surface area contributed by atoms with Crippen LogP contribution in [0.1, 0.15) is 34.0 Å². The molecular formula is C19H13Cl2FN2O2. The highest BCUT2D eigenvalue weighted by Gasteiger charge is 2.24. The van der Waals surface area contributed by atoms with Crippen LogP contribution in [0, 0.1) is 5.82 Å². The molecule has 7 heteroatoms. The van der Waals surface area contributed by atoms with E-state index in [9.17, 15) is 14.0 Å². The smallest absolute Gasteiger partial charge is 0.247 e. The van der Waals surface area contributed by atoms with Crippen LogP contribution in [0.25, 0.3) is 0 Å². The molecule has 0 aliphatic heterocycles. The predicted octanol–water partition coefficient (Wildman–Crippen LogP) is 4.62. The number of carbonyl (C=O) groups excluding carboxylic acids is 1. The van der Waals surface area contributed by atoms with Crippen molar-refractivity contribution in [1.29, 1.82) is 0 Å². The van der Waals surface area contributed by atoms with Gasteiger partial charge in [0, 0.05) is 36.4 Å². The van der Waals surface area contributed by atoms with Crippen LogP contribution in [0.15, 0.2) is 59.7 Å². The Labute approximate surface area is 158 Å². The highest BCUT2D eigenvalue weighted by molar-refractivity contribution is 6.42. The number of nitrogens with zero attached hydrogens (tertiary/aromatic N) is 1. The maximum absolute atomic E-state index is 14.3. The molecule has 0 radical (unpaired) electrons. The molecule has 0 saturated heterocycles. The van der Waals surface area contributed by atoms with E-state index in [0.29, 0.717) is 21.2 Å². The summed E-state index contributed by atoms with van der Waals surface area (Å²) >= 11 is 12.0. The molecule has 2 aromatic heterocycles. The van der Waals surface area contributed by atoms with Crippen LogP contribution < -0.4 is 5.56 Å². The van der Waals surface area contributed by atoms with Crippen molar-refractivity contribution in [1.82, 2.24) is 9.97 Å². The fraction of sp³-hybridized carbons (Fsp3) is 0.105. The summed E-state index contributed by atoms with van der Waals surface area (Å²) in [6, 6.07) is 10.4. The van der Waals surface area contributed by atoms with Gasteiger partial charge in [-0.15, -0.1) is 0 Å². The predicted molar refractivity (Wildman–Crippen MR) is 98.5 cm³/mol. The fourth-order valence-corrected chi connectivity index (χ4v) is 2.95. The Morgan fingerprint density at radius 1 is 1.15 bits per heavy atom. The van der Waals surface area contributed by atoms with Gasteiger partial charge in [-0.05, 0) is 35.9 Å². The Morgan fingerprint density at radius 2 is 1.96 bits per heavy atom. The highest BCUT2D eigenvalue weighted by atomic mass is 35.5. The molecule has 0 bridgehead atoms. The number of benzene rings is 1. The lowest BCUT2D eigenvalue weighted by Gasteiger charge is -2.17. The van der Waals surface area contributed by atoms with E-state index >= 15 is 0 Å². The van der Waals surface area contributed by atoms with Gasteiger partial charge in [0.2, 0.25) is 5.56 Å². The monoisotopic (exact) mass is 390 g/mol. The molecule has 0 spiro atoms. The zero-order chi connectivity index (χ0) is 18.7. The number of pyridine rings is 2. The Bertz CT molecular complexity index is 1000. The first-order chi connectivity index (χ1) is 12.5. The molecule has 0 aliphatic carbocycles. The van der Waals surface area contributed by atoms with E-state index in [4.69, 9.17) is 23.2 Å². The minimum Gasteiger partial charge on any atom is -0.328 e. The SMILES string of the molecule is O=C(C[C@@H](c1ccc(Cl)c(Cl)c1)c1ncccc1F)c1ccc(=O)[nH]c1. The Hall–Kier alpha value is -2.50. The molecule has 132 valence electrons. The second kappa shape index (κ2) is 7.81. The molecule has 0 amide bonds. The summed E-state index contributed by atoms with van der Waals surface area (Å²) in [5.74, 6) is -1.43. The number of carbonyl (C=O) groups is 1. The number of aromatic amines is 1. The minimum absolute atomic E-state index is 0.0437. The van der Waals surface area contributed by atoms with E-state index in [-0.39, 0.29) is 23.5 Å². The standard InChI is InChI=1S/C19H13Cl2FN2O2/c20-14-5-3-11(8-15(14)21)13(19-16(22)2-1-7-23-19)9-17(25)12-4-6-18(26)24-10-12/h1-8,10,13H,9H2,(H,24,26)/t13-/m0/s1. The van der Waals surface area contributed by atoms with E-state index < -0.39 is 11.7 Å². The van der Waals surface area contributed by atoms with Gasteiger partial charge in [-0.3, -0.25) is 14.6 Å². The number of hydrogen-bond donors (Lipinski definition) is 1. The van der Waals surface area contributed by atoms with E-state index in [0.717, 1.165) is 0 Å². The van der Waals surface area contributed by atoms with E-state index in [1.165, 1.54) is 36.7 Å². The van der Waals surface area contributed by atoms with Gasteiger partial charge < -0.3 is 4.98 Å². The zero-order valence-electron chi connectivity index (χ0n) is 13.4. The number of halogens is 3. The van der Waals surface area contributed by atoms with E-state index in [1.807, 2.05) is 0 Å². The summed E-state index contributed by atoms with van der Waals surface area (Å²) in [6.07, 6.45) is 2.76. The molecule has 1 aromatic carbocycles. The second-order valence-electron chi connectivity index (χ2n) is 5.67. The lowest BCUT2D eigenvalue weighted by atomic mass is 9.88. The van der Waals surface area contributed by atoms with Crippen molar-refractivity contribution in [2.75, 3.05) is 0 Å². The van der Waals surface area contributed by atoms with Crippen molar-refractivity contribution in [2.24, 2.45) is 0 Å². The van der Waals surface area contributed by atoms with Crippen molar-refractivity contribution in [3.63, 3.8) is 0 Å². The number of rotatable bonds is 5. The lowest BCUT2D eigenvalue weighted by molar-refractivity contribution is 0.0976. The van der Waals surface area contributed by atoms with Crippen LogP contribution in [0.4, 0.5) is 4.39 Å². The summed E-state index contributed by atoms with van der Waals surface area (Å²) in [5.41, 5.74) is 0.780. The summed E-state index contributed by atoms with van der Waals surface area (Å²) in [5, 5.41) is 0.671. The van der Waals surface area contributed by atoms with E-state index in [2.05, 4.69) is 9.97 Å². The third kappa shape index (κ3) is 4.00. The molecule has 26 heavy (non-hydrogen) atoms. The van der Waals surface area contributed by atoms with Gasteiger partial charge in [-0.1, -0.05) is 29.3 Å². The molecule has 0 fully saturated rings. The molecule has 4 nitrogen and oxygen atoms in total. The van der Waals surface area contributed by atoms with Gasteiger partial charge in [-0.2, -0.15) is 0 Å². The zero-order valence-corrected chi connectivity index (χ0v) is 14.9. The van der Waals surface area contributed by atoms with Gasteiger partial charge in [0.15, 0.2) is 5.78 Å². The number of Topliss-reactive ketones (excluding diaryl/α,β-unsaturated/α-hetero) is 1. The molecule has 2 heterocycles. The van der Waals surface area contributed by atoms with Crippen LogP contribution in [-0.2, 0) is 0 Å². The fourth-order valence-electron chi connectivity index (χ4n) is 2.64. The second-order valence-corrected chi connectivity index (χ2v) is 6.48. The Balaban J connectivity index is 2.01. The Morgan fingerprint density at radius 3 is 2.62 bits per heavy atom. The average molecular weight is 391 g/mol.